The van der Waals surface area contributed by atoms with Gasteiger partial charge in [-0.25, -0.2) is 4.79 Å². The first-order valence-corrected chi connectivity index (χ1v) is 13.0. The van der Waals surface area contributed by atoms with Crippen molar-refractivity contribution in [1.82, 2.24) is 0 Å². The Bertz CT molecular complexity index is 1090. The molecule has 27 heavy (non-hydrogen) atoms. The summed E-state index contributed by atoms with van der Waals surface area (Å²) in [7, 11) is 0. The molecule has 11 heteroatoms. The van der Waals surface area contributed by atoms with Crippen LogP contribution in [0.4, 0.5) is 5.69 Å². The second-order valence-corrected chi connectivity index (χ2v) is 12.5. The van der Waals surface area contributed by atoms with Gasteiger partial charge in [0, 0.05) is 23.3 Å². The molecule has 0 atom stereocenters. The van der Waals surface area contributed by atoms with E-state index < -0.39 is 5.82 Å². The molecule has 0 bridgehead atoms. The summed E-state index contributed by atoms with van der Waals surface area (Å²) in [6.07, 6.45) is 0. The lowest BCUT2D eigenvalue weighted by Gasteiger charge is -2.08. The first kappa shape index (κ1) is 18.3. The molecule has 0 aliphatic carbocycles. The second-order valence-electron chi connectivity index (χ2n) is 5.32. The standard InChI is InChI=1S/C16H9NO4S6/c18-11(17-7-1-2-8-9(5-7)21-16(19)20-8)10-6-24-14(25-10)15-26-12-13(27-15)23-4-3-22-12/h1-2,5-6H,3-4H2,(H,17,18). The number of thioether (sulfide) groups is 6. The number of nitrogens with one attached hydrogen (secondary N) is 1. The van der Waals surface area contributed by atoms with Crippen molar-refractivity contribution in [2.75, 3.05) is 16.8 Å². The topological polar surface area (TPSA) is 72.5 Å². The zero-order valence-electron chi connectivity index (χ0n) is 13.3. The minimum absolute atomic E-state index is 0.178. The van der Waals surface area contributed by atoms with Crippen LogP contribution in [0.5, 0.6) is 0 Å². The summed E-state index contributed by atoms with van der Waals surface area (Å²) >= 11 is 10.6. The molecule has 0 saturated carbocycles. The molecule has 5 rings (SSSR count). The number of rotatable bonds is 2. The maximum atomic E-state index is 12.6. The van der Waals surface area contributed by atoms with Crippen LogP contribution in [0, 0.1) is 0 Å². The molecule has 4 heterocycles. The van der Waals surface area contributed by atoms with Crippen LogP contribution in [0.25, 0.3) is 11.2 Å². The number of carbonyl (C=O) groups is 1. The third kappa shape index (κ3) is 3.77. The van der Waals surface area contributed by atoms with Crippen molar-refractivity contribution in [1.29, 1.82) is 0 Å². The van der Waals surface area contributed by atoms with Crippen LogP contribution in [0.2, 0.25) is 0 Å². The molecule has 3 aliphatic rings. The van der Waals surface area contributed by atoms with Gasteiger partial charge < -0.3 is 14.2 Å². The minimum atomic E-state index is -0.755. The molecule has 0 unspecified atom stereocenters. The summed E-state index contributed by atoms with van der Waals surface area (Å²) in [4.78, 5) is 24.4. The zero-order chi connectivity index (χ0) is 18.4. The highest BCUT2D eigenvalue weighted by Crippen LogP contribution is 2.63. The number of fused-ring (bicyclic) bond motifs is 1. The molecule has 0 fully saturated rings. The van der Waals surface area contributed by atoms with Gasteiger partial charge >= 0.3 is 5.82 Å². The van der Waals surface area contributed by atoms with Gasteiger partial charge in [0.25, 0.3) is 5.91 Å². The number of amides is 1. The largest absolute Gasteiger partial charge is 0.519 e. The lowest BCUT2D eigenvalue weighted by Crippen LogP contribution is -2.11. The number of hydrogen-bond acceptors (Lipinski definition) is 10. The van der Waals surface area contributed by atoms with E-state index in [2.05, 4.69) is 5.32 Å². The van der Waals surface area contributed by atoms with Crippen molar-refractivity contribution in [3.8, 4) is 0 Å². The van der Waals surface area contributed by atoms with Gasteiger partial charge in [-0.3, -0.25) is 4.79 Å². The van der Waals surface area contributed by atoms with Crippen molar-refractivity contribution < 1.29 is 13.6 Å². The second kappa shape index (κ2) is 7.60. The monoisotopic (exact) mass is 471 g/mol. The first-order valence-electron chi connectivity index (χ1n) is 7.65. The molecule has 3 aliphatic heterocycles. The van der Waals surface area contributed by atoms with Crippen LogP contribution < -0.4 is 11.1 Å². The van der Waals surface area contributed by atoms with Crippen molar-refractivity contribution in [2.24, 2.45) is 0 Å². The van der Waals surface area contributed by atoms with E-state index in [1.165, 1.54) is 24.5 Å². The van der Waals surface area contributed by atoms with Gasteiger partial charge in [0.05, 0.1) is 21.9 Å². The Morgan fingerprint density at radius 3 is 2.44 bits per heavy atom. The molecule has 0 radical (unpaired) electrons. The molecule has 0 saturated heterocycles. The maximum absolute atomic E-state index is 12.6. The number of hydrogen-bond donors (Lipinski definition) is 1. The minimum Gasteiger partial charge on any atom is -0.391 e. The molecule has 1 amide bonds. The van der Waals surface area contributed by atoms with Gasteiger partial charge in [0.1, 0.15) is 0 Å². The van der Waals surface area contributed by atoms with E-state index in [9.17, 15) is 9.59 Å². The van der Waals surface area contributed by atoms with Crippen LogP contribution >= 0.6 is 70.6 Å². The van der Waals surface area contributed by atoms with Crippen LogP contribution in [0.3, 0.4) is 0 Å². The van der Waals surface area contributed by atoms with Crippen molar-refractivity contribution in [3.63, 3.8) is 0 Å². The lowest BCUT2D eigenvalue weighted by molar-refractivity contribution is -0.112. The molecule has 1 N–H and O–H groups in total. The summed E-state index contributed by atoms with van der Waals surface area (Å²) in [5, 5.41) is 4.73. The van der Waals surface area contributed by atoms with Crippen molar-refractivity contribution in [2.45, 2.75) is 0 Å². The molecule has 138 valence electrons. The Morgan fingerprint density at radius 1 is 0.926 bits per heavy atom. The third-order valence-electron chi connectivity index (χ3n) is 3.54. The number of benzene rings is 1. The summed E-state index contributed by atoms with van der Waals surface area (Å²) in [6.45, 7) is 0. The predicted octanol–water partition coefficient (Wildman–Crippen LogP) is 5.86. The predicted molar refractivity (Wildman–Crippen MR) is 121 cm³/mol. The van der Waals surface area contributed by atoms with Gasteiger partial charge in [0.2, 0.25) is 0 Å². The Hall–Kier alpha value is -0.720. The smallest absolute Gasteiger partial charge is 0.391 e. The highest BCUT2D eigenvalue weighted by molar-refractivity contribution is 8.43. The van der Waals surface area contributed by atoms with Crippen LogP contribution in [-0.2, 0) is 4.79 Å². The molecule has 5 nitrogen and oxygen atoms in total. The average Bonchev–Trinajstić information content (AvgIpc) is 3.37. The van der Waals surface area contributed by atoms with E-state index in [4.69, 9.17) is 8.83 Å². The molecular weight excluding hydrogens is 463 g/mol. The third-order valence-corrected chi connectivity index (χ3v) is 12.2. The van der Waals surface area contributed by atoms with E-state index in [-0.39, 0.29) is 5.91 Å². The summed E-state index contributed by atoms with van der Waals surface area (Å²) < 4.78 is 15.0. The SMILES string of the molecule is O=C(Nc1ccc2oc(=O)oc2c1)C1=CSC(=C2SC3=C(SCCS3)S2)S1. The molecular formula is C16H9NO4S6. The van der Waals surface area contributed by atoms with Gasteiger partial charge in [-0.2, -0.15) is 0 Å². The normalized spacial score (nSPS) is 19.6. The van der Waals surface area contributed by atoms with Crippen molar-refractivity contribution >= 4 is 93.3 Å². The van der Waals surface area contributed by atoms with Crippen LogP contribution in [0.1, 0.15) is 0 Å². The maximum Gasteiger partial charge on any atom is 0.519 e. The van der Waals surface area contributed by atoms with Gasteiger partial charge in [-0.15, -0.1) is 23.5 Å². The molecule has 1 aromatic heterocycles. The highest BCUT2D eigenvalue weighted by atomic mass is 32.3. The molecule has 1 aromatic carbocycles. The number of carbonyl (C=O) groups excluding carboxylic acids is 1. The Labute approximate surface area is 179 Å². The van der Waals surface area contributed by atoms with Crippen molar-refractivity contribution in [3.05, 3.63) is 56.1 Å². The van der Waals surface area contributed by atoms with E-state index in [0.717, 1.165) is 15.7 Å². The van der Waals surface area contributed by atoms with Gasteiger partial charge in [-0.05, 0) is 17.5 Å². The van der Waals surface area contributed by atoms with Gasteiger partial charge in [-0.1, -0.05) is 47.0 Å². The van der Waals surface area contributed by atoms with E-state index in [1.807, 2.05) is 52.5 Å². The fourth-order valence-corrected chi connectivity index (χ4v) is 10.8. The van der Waals surface area contributed by atoms with E-state index >= 15 is 0 Å². The Balaban J connectivity index is 1.27. The quantitative estimate of drug-likeness (QED) is 0.576. The van der Waals surface area contributed by atoms with Gasteiger partial charge in [0.15, 0.2) is 11.2 Å². The average molecular weight is 472 g/mol. The van der Waals surface area contributed by atoms with Crippen LogP contribution in [-0.4, -0.2) is 17.4 Å². The Morgan fingerprint density at radius 2 is 1.67 bits per heavy atom. The lowest BCUT2D eigenvalue weighted by atomic mass is 10.3. The molecule has 0 spiro atoms. The first-order chi connectivity index (χ1) is 13.2. The highest BCUT2D eigenvalue weighted by Gasteiger charge is 2.30. The summed E-state index contributed by atoms with van der Waals surface area (Å²) in [5.74, 6) is 1.39. The molecule has 2 aromatic rings. The summed E-state index contributed by atoms with van der Waals surface area (Å²) in [6, 6.07) is 4.87. The zero-order valence-corrected chi connectivity index (χ0v) is 18.2. The fourth-order valence-electron chi connectivity index (χ4n) is 2.39. The van der Waals surface area contributed by atoms with E-state index in [1.54, 1.807) is 30.0 Å². The Kier molecular flexibility index (Phi) is 5.16. The van der Waals surface area contributed by atoms with E-state index in [0.29, 0.717) is 21.8 Å². The fraction of sp³-hybridized carbons (Fsp3) is 0.125. The van der Waals surface area contributed by atoms with Crippen LogP contribution in [0.15, 0.2) is 59.1 Å². The summed E-state index contributed by atoms with van der Waals surface area (Å²) in [5.41, 5.74) is 1.23. The number of anilines is 1.